The van der Waals surface area contributed by atoms with Crippen molar-refractivity contribution in [2.24, 2.45) is 0 Å². The lowest BCUT2D eigenvalue weighted by Gasteiger charge is -2.24. The van der Waals surface area contributed by atoms with Gasteiger partial charge in [-0.25, -0.2) is 0 Å². The number of carbonyl (C=O) groups excluding carboxylic acids is 2. The first-order valence-corrected chi connectivity index (χ1v) is 8.30. The third-order valence-corrected chi connectivity index (χ3v) is 5.01. The Morgan fingerprint density at radius 3 is 2.58 bits per heavy atom. The van der Waals surface area contributed by atoms with E-state index in [4.69, 9.17) is 4.74 Å². The van der Waals surface area contributed by atoms with Gasteiger partial charge < -0.3 is 9.64 Å². The van der Waals surface area contributed by atoms with Crippen LogP contribution >= 0.6 is 0 Å². The number of nitrogens with zero attached hydrogens (tertiary/aromatic N) is 1. The molecule has 1 heterocycles. The molecule has 2 aromatic rings. The molecule has 0 unspecified atom stereocenters. The van der Waals surface area contributed by atoms with Gasteiger partial charge in [0.1, 0.15) is 0 Å². The number of benzene rings is 2. The van der Waals surface area contributed by atoms with Crippen molar-refractivity contribution in [3.05, 3.63) is 64.7 Å². The lowest BCUT2D eigenvalue weighted by Crippen LogP contribution is -2.29. The Morgan fingerprint density at radius 1 is 1.17 bits per heavy atom. The molecule has 0 aromatic heterocycles. The maximum Gasteiger partial charge on any atom is 0.307 e. The molecule has 4 nitrogen and oxygen atoms in total. The van der Waals surface area contributed by atoms with E-state index in [1.807, 2.05) is 36.4 Å². The van der Waals surface area contributed by atoms with Gasteiger partial charge in [0.2, 0.25) is 0 Å². The second-order valence-corrected chi connectivity index (χ2v) is 6.37. The number of methoxy groups -OCH3 is 1. The zero-order valence-electron chi connectivity index (χ0n) is 13.6. The van der Waals surface area contributed by atoms with Crippen molar-refractivity contribution in [1.82, 2.24) is 0 Å². The number of carbonyl (C=O) groups is 2. The molecule has 4 heteroatoms. The van der Waals surface area contributed by atoms with Gasteiger partial charge in [-0.05, 0) is 54.2 Å². The number of esters is 1. The van der Waals surface area contributed by atoms with Crippen molar-refractivity contribution in [3.8, 4) is 0 Å². The normalized spacial score (nSPS) is 18.5. The number of aryl methyl sites for hydroxylation is 2. The van der Waals surface area contributed by atoms with E-state index in [0.29, 0.717) is 0 Å². The molecule has 4 rings (SSSR count). The average molecular weight is 321 g/mol. The molecule has 0 spiro atoms. The number of ether oxygens (including phenoxy) is 1. The van der Waals surface area contributed by atoms with E-state index in [1.165, 1.54) is 18.2 Å². The summed E-state index contributed by atoms with van der Waals surface area (Å²) in [6.07, 6.45) is 3.38. The summed E-state index contributed by atoms with van der Waals surface area (Å²) in [7, 11) is 1.38. The van der Waals surface area contributed by atoms with Gasteiger partial charge in [-0.3, -0.25) is 9.59 Å². The topological polar surface area (TPSA) is 46.6 Å². The van der Waals surface area contributed by atoms with E-state index < -0.39 is 0 Å². The molecule has 2 aromatic carbocycles. The summed E-state index contributed by atoms with van der Waals surface area (Å²) in [5.74, 6) is -0.332. The van der Waals surface area contributed by atoms with Crippen LogP contribution in [-0.2, 0) is 22.4 Å². The monoisotopic (exact) mass is 321 g/mol. The van der Waals surface area contributed by atoms with Crippen molar-refractivity contribution in [2.45, 2.75) is 31.7 Å². The standard InChI is InChI=1S/C20H19NO3/c1-24-19(22)12-18-16-10-13-6-5-7-14(13)11-17(16)20(23)21(18)15-8-3-2-4-9-15/h2-4,8-11,18H,5-7,12H2,1H3/t18-/m1/s1. The highest BCUT2D eigenvalue weighted by molar-refractivity contribution is 6.11. The molecule has 2 aliphatic rings. The fourth-order valence-corrected chi connectivity index (χ4v) is 3.84. The van der Waals surface area contributed by atoms with Gasteiger partial charge in [-0.2, -0.15) is 0 Å². The Morgan fingerprint density at radius 2 is 1.88 bits per heavy atom. The average Bonchev–Trinajstić information content (AvgIpc) is 3.17. The lowest BCUT2D eigenvalue weighted by atomic mass is 9.96. The second-order valence-electron chi connectivity index (χ2n) is 6.37. The minimum atomic E-state index is -0.304. The van der Waals surface area contributed by atoms with Gasteiger partial charge in [0, 0.05) is 11.3 Å². The zero-order valence-corrected chi connectivity index (χ0v) is 13.6. The fourth-order valence-electron chi connectivity index (χ4n) is 3.84. The van der Waals surface area contributed by atoms with E-state index >= 15 is 0 Å². The van der Waals surface area contributed by atoms with Crippen molar-refractivity contribution in [2.75, 3.05) is 12.0 Å². The third-order valence-electron chi connectivity index (χ3n) is 5.01. The first-order valence-electron chi connectivity index (χ1n) is 8.30. The molecule has 24 heavy (non-hydrogen) atoms. The summed E-state index contributed by atoms with van der Waals surface area (Å²) in [6.45, 7) is 0. The van der Waals surface area contributed by atoms with Crippen molar-refractivity contribution in [1.29, 1.82) is 0 Å². The Hall–Kier alpha value is -2.62. The van der Waals surface area contributed by atoms with Crippen LogP contribution in [0.25, 0.3) is 0 Å². The van der Waals surface area contributed by atoms with Crippen LogP contribution in [0, 0.1) is 0 Å². The molecule has 0 N–H and O–H groups in total. The summed E-state index contributed by atoms with van der Waals surface area (Å²) in [5, 5.41) is 0. The number of fused-ring (bicyclic) bond motifs is 2. The first-order chi connectivity index (χ1) is 11.7. The summed E-state index contributed by atoms with van der Waals surface area (Å²) in [6, 6.07) is 13.4. The van der Waals surface area contributed by atoms with Crippen LogP contribution in [0.5, 0.6) is 0 Å². The zero-order chi connectivity index (χ0) is 16.7. The maximum atomic E-state index is 13.1. The smallest absolute Gasteiger partial charge is 0.307 e. The predicted molar refractivity (Wildman–Crippen MR) is 91.1 cm³/mol. The number of rotatable bonds is 3. The highest BCUT2D eigenvalue weighted by Crippen LogP contribution is 2.42. The number of hydrogen-bond acceptors (Lipinski definition) is 3. The molecular weight excluding hydrogens is 302 g/mol. The van der Waals surface area contributed by atoms with Crippen LogP contribution in [0.4, 0.5) is 5.69 Å². The summed E-state index contributed by atoms with van der Waals surface area (Å²) in [4.78, 5) is 26.7. The number of para-hydroxylation sites is 1. The van der Waals surface area contributed by atoms with E-state index in [0.717, 1.165) is 36.1 Å². The highest BCUT2D eigenvalue weighted by atomic mass is 16.5. The van der Waals surface area contributed by atoms with Gasteiger partial charge in [-0.1, -0.05) is 24.3 Å². The van der Waals surface area contributed by atoms with Crippen LogP contribution in [-0.4, -0.2) is 19.0 Å². The van der Waals surface area contributed by atoms with E-state index in [9.17, 15) is 9.59 Å². The maximum absolute atomic E-state index is 13.1. The Kier molecular flexibility index (Phi) is 3.60. The molecule has 122 valence electrons. The molecule has 0 saturated heterocycles. The van der Waals surface area contributed by atoms with Gasteiger partial charge in [0.15, 0.2) is 0 Å². The molecular formula is C20H19NO3. The van der Waals surface area contributed by atoms with Crippen molar-refractivity contribution in [3.63, 3.8) is 0 Å². The van der Waals surface area contributed by atoms with Gasteiger partial charge in [0.25, 0.3) is 5.91 Å². The van der Waals surface area contributed by atoms with Gasteiger partial charge >= 0.3 is 5.97 Å². The highest BCUT2D eigenvalue weighted by Gasteiger charge is 2.40. The largest absolute Gasteiger partial charge is 0.469 e. The number of anilines is 1. The SMILES string of the molecule is COC(=O)C[C@@H]1c2cc3c(cc2C(=O)N1c1ccccc1)CCC3. The molecule has 0 bridgehead atoms. The molecule has 1 atom stereocenters. The van der Waals surface area contributed by atoms with E-state index in [2.05, 4.69) is 6.07 Å². The summed E-state index contributed by atoms with van der Waals surface area (Å²) in [5.41, 5.74) is 5.08. The molecule has 0 saturated carbocycles. The quantitative estimate of drug-likeness (QED) is 0.814. The minimum absolute atomic E-state index is 0.0280. The second kappa shape index (κ2) is 5.78. The van der Waals surface area contributed by atoms with E-state index in [1.54, 1.807) is 4.90 Å². The lowest BCUT2D eigenvalue weighted by molar-refractivity contribution is -0.141. The van der Waals surface area contributed by atoms with Crippen molar-refractivity contribution < 1.29 is 14.3 Å². The van der Waals surface area contributed by atoms with Crippen LogP contribution in [0.15, 0.2) is 42.5 Å². The summed E-state index contributed by atoms with van der Waals surface area (Å²) < 4.78 is 4.86. The van der Waals surface area contributed by atoms with Crippen molar-refractivity contribution >= 4 is 17.6 Å². The fraction of sp³-hybridized carbons (Fsp3) is 0.300. The van der Waals surface area contributed by atoms with Gasteiger partial charge in [0.05, 0.1) is 19.6 Å². The first kappa shape index (κ1) is 14.9. The number of amides is 1. The molecule has 1 amide bonds. The van der Waals surface area contributed by atoms with Crippen LogP contribution in [0.3, 0.4) is 0 Å². The van der Waals surface area contributed by atoms with Gasteiger partial charge in [-0.15, -0.1) is 0 Å². The van der Waals surface area contributed by atoms with Crippen LogP contribution in [0.2, 0.25) is 0 Å². The van der Waals surface area contributed by atoms with Crippen LogP contribution in [0.1, 0.15) is 45.9 Å². The van der Waals surface area contributed by atoms with Crippen LogP contribution < -0.4 is 4.90 Å². The molecule has 1 aliphatic carbocycles. The Bertz CT molecular complexity index is 813. The molecule has 0 fully saturated rings. The molecule has 0 radical (unpaired) electrons. The molecule has 1 aliphatic heterocycles. The Labute approximate surface area is 141 Å². The minimum Gasteiger partial charge on any atom is -0.469 e. The number of hydrogen-bond donors (Lipinski definition) is 0. The predicted octanol–water partition coefficient (Wildman–Crippen LogP) is 3.44. The third kappa shape index (κ3) is 2.30. The summed E-state index contributed by atoms with van der Waals surface area (Å²) >= 11 is 0. The Balaban J connectivity index is 1.82. The van der Waals surface area contributed by atoms with E-state index in [-0.39, 0.29) is 24.3 Å².